The normalized spacial score (nSPS) is 18.9. The van der Waals surface area contributed by atoms with Crippen molar-refractivity contribution in [1.29, 1.82) is 0 Å². The number of ether oxygens (including phenoxy) is 1. The van der Waals surface area contributed by atoms with Crippen molar-refractivity contribution in [1.82, 2.24) is 0 Å². The lowest BCUT2D eigenvalue weighted by Gasteiger charge is -2.09. The Morgan fingerprint density at radius 2 is 2.18 bits per heavy atom. The maximum absolute atomic E-state index is 5.73. The lowest BCUT2D eigenvalue weighted by Crippen LogP contribution is -2.09. The van der Waals surface area contributed by atoms with Gasteiger partial charge in [0.15, 0.2) is 5.06 Å². The highest BCUT2D eigenvalue weighted by Crippen LogP contribution is 2.26. The van der Waals surface area contributed by atoms with Crippen LogP contribution in [0.2, 0.25) is 0 Å². The van der Waals surface area contributed by atoms with Crippen LogP contribution in [-0.2, 0) is 0 Å². The van der Waals surface area contributed by atoms with Gasteiger partial charge < -0.3 is 4.74 Å². The predicted molar refractivity (Wildman–Crippen MR) is 47.2 cm³/mol. The standard InChI is InChI=1S/C9H12OS/c1-2-5-8(4-1)10-9-6-3-7-11-9/h3,6-8H,1-2,4-5H2. The summed E-state index contributed by atoms with van der Waals surface area (Å²) in [5, 5.41) is 3.14. The van der Waals surface area contributed by atoms with Crippen molar-refractivity contribution in [3.05, 3.63) is 17.5 Å². The number of thiophene rings is 1. The second kappa shape index (κ2) is 3.26. The third kappa shape index (κ3) is 1.74. The van der Waals surface area contributed by atoms with Crippen LogP contribution < -0.4 is 4.74 Å². The van der Waals surface area contributed by atoms with Gasteiger partial charge in [-0.3, -0.25) is 0 Å². The number of rotatable bonds is 2. The van der Waals surface area contributed by atoms with Crippen LogP contribution in [-0.4, -0.2) is 6.10 Å². The Hall–Kier alpha value is -0.500. The summed E-state index contributed by atoms with van der Waals surface area (Å²) in [5.41, 5.74) is 0. The summed E-state index contributed by atoms with van der Waals surface area (Å²) in [6.07, 6.45) is 5.69. The molecule has 0 aliphatic heterocycles. The zero-order valence-electron chi connectivity index (χ0n) is 6.45. The van der Waals surface area contributed by atoms with E-state index in [1.807, 2.05) is 12.1 Å². The molecule has 1 nitrogen and oxygen atoms in total. The van der Waals surface area contributed by atoms with Crippen LogP contribution in [0.1, 0.15) is 25.7 Å². The van der Waals surface area contributed by atoms with Gasteiger partial charge in [0.2, 0.25) is 0 Å². The van der Waals surface area contributed by atoms with E-state index in [4.69, 9.17) is 4.74 Å². The smallest absolute Gasteiger partial charge is 0.174 e. The highest BCUT2D eigenvalue weighted by molar-refractivity contribution is 7.11. The van der Waals surface area contributed by atoms with Gasteiger partial charge in [-0.1, -0.05) is 0 Å². The molecule has 0 unspecified atom stereocenters. The molecule has 0 aromatic carbocycles. The third-order valence-corrected chi connectivity index (χ3v) is 2.84. The topological polar surface area (TPSA) is 9.23 Å². The molecule has 1 fully saturated rings. The van der Waals surface area contributed by atoms with Crippen molar-refractivity contribution in [2.45, 2.75) is 31.8 Å². The van der Waals surface area contributed by atoms with Crippen LogP contribution in [0.25, 0.3) is 0 Å². The lowest BCUT2D eigenvalue weighted by molar-refractivity contribution is 0.217. The molecule has 0 spiro atoms. The van der Waals surface area contributed by atoms with Crippen LogP contribution >= 0.6 is 11.3 Å². The fourth-order valence-corrected chi connectivity index (χ4v) is 2.14. The molecule has 0 amide bonds. The Bertz CT molecular complexity index is 199. The van der Waals surface area contributed by atoms with E-state index in [0.29, 0.717) is 6.10 Å². The van der Waals surface area contributed by atoms with E-state index in [1.54, 1.807) is 11.3 Å². The fourth-order valence-electron chi connectivity index (χ4n) is 1.50. The van der Waals surface area contributed by atoms with Crippen molar-refractivity contribution >= 4 is 11.3 Å². The number of hydrogen-bond donors (Lipinski definition) is 0. The summed E-state index contributed by atoms with van der Waals surface area (Å²) in [6.45, 7) is 0. The molecular weight excluding hydrogens is 156 g/mol. The zero-order chi connectivity index (χ0) is 7.52. The first-order valence-corrected chi connectivity index (χ1v) is 5.03. The van der Waals surface area contributed by atoms with E-state index in [9.17, 15) is 0 Å². The quantitative estimate of drug-likeness (QED) is 0.659. The van der Waals surface area contributed by atoms with E-state index in [1.165, 1.54) is 25.7 Å². The predicted octanol–water partition coefficient (Wildman–Crippen LogP) is 3.07. The second-order valence-electron chi connectivity index (χ2n) is 2.96. The van der Waals surface area contributed by atoms with Crippen LogP contribution in [0.5, 0.6) is 5.06 Å². The van der Waals surface area contributed by atoms with Gasteiger partial charge in [-0.2, -0.15) is 0 Å². The summed E-state index contributed by atoms with van der Waals surface area (Å²) in [4.78, 5) is 0. The molecule has 0 saturated heterocycles. The van der Waals surface area contributed by atoms with Gasteiger partial charge in [0.25, 0.3) is 0 Å². The average Bonchev–Trinajstić information content (AvgIpc) is 2.60. The van der Waals surface area contributed by atoms with E-state index in [-0.39, 0.29) is 0 Å². The molecule has 2 rings (SSSR count). The van der Waals surface area contributed by atoms with Crippen molar-refractivity contribution < 1.29 is 4.74 Å². The van der Waals surface area contributed by atoms with Crippen molar-refractivity contribution in [3.8, 4) is 5.06 Å². The molecule has 1 aliphatic rings. The summed E-state index contributed by atoms with van der Waals surface area (Å²) in [5.74, 6) is 0. The first-order chi connectivity index (χ1) is 5.45. The van der Waals surface area contributed by atoms with Gasteiger partial charge in [-0.25, -0.2) is 0 Å². The molecule has 2 heteroatoms. The Balaban J connectivity index is 1.90. The summed E-state index contributed by atoms with van der Waals surface area (Å²) >= 11 is 1.69. The van der Waals surface area contributed by atoms with Gasteiger partial charge in [0.1, 0.15) is 0 Å². The average molecular weight is 168 g/mol. The van der Waals surface area contributed by atoms with Gasteiger partial charge in [-0.15, -0.1) is 11.3 Å². The van der Waals surface area contributed by atoms with Crippen LogP contribution in [0.3, 0.4) is 0 Å². The van der Waals surface area contributed by atoms with Crippen molar-refractivity contribution in [3.63, 3.8) is 0 Å². The molecule has 1 heterocycles. The molecule has 0 N–H and O–H groups in total. The molecule has 0 atom stereocenters. The summed E-state index contributed by atoms with van der Waals surface area (Å²) < 4.78 is 5.73. The van der Waals surface area contributed by atoms with E-state index >= 15 is 0 Å². The SMILES string of the molecule is c1csc(OC2CCCC2)c1. The highest BCUT2D eigenvalue weighted by atomic mass is 32.1. The Morgan fingerprint density at radius 1 is 1.36 bits per heavy atom. The number of hydrogen-bond acceptors (Lipinski definition) is 2. The molecule has 1 aromatic rings. The Morgan fingerprint density at radius 3 is 2.82 bits per heavy atom. The third-order valence-electron chi connectivity index (χ3n) is 2.08. The Kier molecular flexibility index (Phi) is 2.13. The highest BCUT2D eigenvalue weighted by Gasteiger charge is 2.16. The van der Waals surface area contributed by atoms with Crippen LogP contribution in [0, 0.1) is 0 Å². The second-order valence-corrected chi connectivity index (χ2v) is 3.87. The minimum absolute atomic E-state index is 0.508. The van der Waals surface area contributed by atoms with Crippen LogP contribution in [0.15, 0.2) is 17.5 Å². The van der Waals surface area contributed by atoms with E-state index in [2.05, 4.69) is 5.38 Å². The largest absolute Gasteiger partial charge is 0.481 e. The van der Waals surface area contributed by atoms with E-state index in [0.717, 1.165) is 5.06 Å². The maximum Gasteiger partial charge on any atom is 0.174 e. The zero-order valence-corrected chi connectivity index (χ0v) is 7.27. The molecule has 1 saturated carbocycles. The van der Waals surface area contributed by atoms with Gasteiger partial charge in [0, 0.05) is 0 Å². The molecule has 11 heavy (non-hydrogen) atoms. The summed E-state index contributed by atoms with van der Waals surface area (Å²) in [7, 11) is 0. The molecule has 0 bridgehead atoms. The first kappa shape index (κ1) is 7.17. The van der Waals surface area contributed by atoms with Crippen molar-refractivity contribution in [2.75, 3.05) is 0 Å². The lowest BCUT2D eigenvalue weighted by atomic mass is 10.3. The van der Waals surface area contributed by atoms with Crippen LogP contribution in [0.4, 0.5) is 0 Å². The molecule has 60 valence electrons. The monoisotopic (exact) mass is 168 g/mol. The minimum atomic E-state index is 0.508. The van der Waals surface area contributed by atoms with Gasteiger partial charge in [0.05, 0.1) is 6.10 Å². The fraction of sp³-hybridized carbons (Fsp3) is 0.556. The molecule has 1 aromatic heterocycles. The van der Waals surface area contributed by atoms with Crippen molar-refractivity contribution in [2.24, 2.45) is 0 Å². The first-order valence-electron chi connectivity index (χ1n) is 4.15. The molecular formula is C9H12OS. The Labute approximate surface area is 71.0 Å². The molecule has 0 radical (unpaired) electrons. The minimum Gasteiger partial charge on any atom is -0.481 e. The molecule has 1 aliphatic carbocycles. The van der Waals surface area contributed by atoms with E-state index < -0.39 is 0 Å². The van der Waals surface area contributed by atoms with Gasteiger partial charge >= 0.3 is 0 Å². The summed E-state index contributed by atoms with van der Waals surface area (Å²) in [6, 6.07) is 4.08. The maximum atomic E-state index is 5.73. The van der Waals surface area contributed by atoms with Gasteiger partial charge in [-0.05, 0) is 43.2 Å².